The van der Waals surface area contributed by atoms with Crippen molar-refractivity contribution in [3.63, 3.8) is 0 Å². The first-order valence-corrected chi connectivity index (χ1v) is 6.27. The fourth-order valence-electron chi connectivity index (χ4n) is 2.17. The van der Waals surface area contributed by atoms with E-state index in [1.807, 2.05) is 30.5 Å². The number of hydrogen-bond acceptors (Lipinski definition) is 4. The van der Waals surface area contributed by atoms with E-state index in [4.69, 9.17) is 5.73 Å². The van der Waals surface area contributed by atoms with Gasteiger partial charge >= 0.3 is 0 Å². The summed E-state index contributed by atoms with van der Waals surface area (Å²) in [5.74, 6) is 0.972. The van der Waals surface area contributed by atoms with Gasteiger partial charge in [0.05, 0.1) is 6.54 Å². The number of fused-ring (bicyclic) bond motifs is 1. The van der Waals surface area contributed by atoms with E-state index in [0.717, 1.165) is 35.5 Å². The van der Waals surface area contributed by atoms with Crippen LogP contribution in [-0.4, -0.2) is 26.1 Å². The minimum absolute atomic E-state index is 0.580. The third-order valence-corrected chi connectivity index (χ3v) is 3.01. The van der Waals surface area contributed by atoms with Crippen LogP contribution in [0.25, 0.3) is 11.2 Å². The first kappa shape index (κ1) is 11.8. The molecule has 3 aromatic heterocycles. The molecule has 0 unspecified atom stereocenters. The molecule has 5 heteroatoms. The molecule has 0 radical (unpaired) electrons. The molecule has 3 aromatic rings. The van der Waals surface area contributed by atoms with Gasteiger partial charge in [0.1, 0.15) is 11.3 Å². The maximum Gasteiger partial charge on any atom is 0.160 e. The predicted molar refractivity (Wildman–Crippen MR) is 73.6 cm³/mol. The quantitative estimate of drug-likeness (QED) is 0.762. The summed E-state index contributed by atoms with van der Waals surface area (Å²) in [6.07, 6.45) is 6.17. The van der Waals surface area contributed by atoms with Gasteiger partial charge in [-0.2, -0.15) is 0 Å². The molecule has 0 aliphatic rings. The molecule has 0 fully saturated rings. The van der Waals surface area contributed by atoms with Crippen molar-refractivity contribution in [1.29, 1.82) is 0 Å². The third kappa shape index (κ3) is 2.32. The Kier molecular flexibility index (Phi) is 3.20. The van der Waals surface area contributed by atoms with Gasteiger partial charge in [-0.1, -0.05) is 6.07 Å². The number of imidazole rings is 1. The molecule has 0 saturated heterocycles. The van der Waals surface area contributed by atoms with Gasteiger partial charge < -0.3 is 10.3 Å². The second-order valence-corrected chi connectivity index (χ2v) is 4.36. The minimum atomic E-state index is 0.580. The maximum atomic E-state index is 5.66. The highest BCUT2D eigenvalue weighted by molar-refractivity contribution is 5.71. The third-order valence-electron chi connectivity index (χ3n) is 3.01. The summed E-state index contributed by atoms with van der Waals surface area (Å²) in [6, 6.07) is 7.86. The number of rotatable bonds is 4. The Morgan fingerprint density at radius 3 is 2.84 bits per heavy atom. The van der Waals surface area contributed by atoms with Crippen molar-refractivity contribution in [2.45, 2.75) is 13.0 Å². The van der Waals surface area contributed by atoms with Gasteiger partial charge in [0.25, 0.3) is 0 Å². The predicted octanol–water partition coefficient (Wildman–Crippen LogP) is 1.38. The molecule has 3 heterocycles. The van der Waals surface area contributed by atoms with Crippen molar-refractivity contribution in [2.24, 2.45) is 5.73 Å². The van der Waals surface area contributed by atoms with Crippen LogP contribution in [0.1, 0.15) is 11.4 Å². The number of nitrogens with two attached hydrogens (primary N) is 1. The van der Waals surface area contributed by atoms with Crippen LogP contribution in [0.4, 0.5) is 0 Å². The first-order valence-electron chi connectivity index (χ1n) is 6.27. The van der Waals surface area contributed by atoms with Crippen LogP contribution in [0.5, 0.6) is 0 Å². The monoisotopic (exact) mass is 253 g/mol. The highest BCUT2D eigenvalue weighted by Crippen LogP contribution is 2.15. The molecule has 0 saturated carbocycles. The van der Waals surface area contributed by atoms with Crippen LogP contribution in [0, 0.1) is 0 Å². The Morgan fingerprint density at radius 2 is 2.05 bits per heavy atom. The van der Waals surface area contributed by atoms with Crippen LogP contribution in [-0.2, 0) is 13.0 Å². The van der Waals surface area contributed by atoms with Crippen LogP contribution < -0.4 is 5.73 Å². The molecule has 96 valence electrons. The standard InChI is InChI=1S/C14H15N5/c15-6-5-13-18-12-4-2-8-17-14(12)19(13)10-11-3-1-7-16-9-11/h1-4,7-9H,5-6,10,15H2. The summed E-state index contributed by atoms with van der Waals surface area (Å²) >= 11 is 0. The van der Waals surface area contributed by atoms with Gasteiger partial charge in [0, 0.05) is 25.0 Å². The van der Waals surface area contributed by atoms with Crippen LogP contribution >= 0.6 is 0 Å². The van der Waals surface area contributed by atoms with E-state index in [2.05, 4.69) is 19.5 Å². The lowest BCUT2D eigenvalue weighted by Gasteiger charge is -2.07. The number of aromatic nitrogens is 4. The lowest BCUT2D eigenvalue weighted by Crippen LogP contribution is -2.11. The van der Waals surface area contributed by atoms with Crippen LogP contribution in [0.3, 0.4) is 0 Å². The number of hydrogen-bond donors (Lipinski definition) is 1. The summed E-state index contributed by atoms with van der Waals surface area (Å²) < 4.78 is 2.11. The van der Waals surface area contributed by atoms with Crippen molar-refractivity contribution in [2.75, 3.05) is 6.54 Å². The van der Waals surface area contributed by atoms with Gasteiger partial charge in [-0.3, -0.25) is 4.98 Å². The lowest BCUT2D eigenvalue weighted by molar-refractivity contribution is 0.727. The molecule has 0 atom stereocenters. The Bertz CT molecular complexity index is 675. The first-order chi connectivity index (χ1) is 9.38. The Morgan fingerprint density at radius 1 is 1.16 bits per heavy atom. The van der Waals surface area contributed by atoms with Crippen molar-refractivity contribution in [3.05, 3.63) is 54.2 Å². The van der Waals surface area contributed by atoms with Crippen molar-refractivity contribution in [3.8, 4) is 0 Å². The lowest BCUT2D eigenvalue weighted by atomic mass is 10.3. The Hall–Kier alpha value is -2.27. The molecular formula is C14H15N5. The molecule has 0 spiro atoms. The normalized spacial score (nSPS) is 11.0. The zero-order valence-electron chi connectivity index (χ0n) is 10.5. The smallest absolute Gasteiger partial charge is 0.160 e. The summed E-state index contributed by atoms with van der Waals surface area (Å²) in [7, 11) is 0. The van der Waals surface area contributed by atoms with Crippen LogP contribution in [0.2, 0.25) is 0 Å². The Labute approximate surface area is 111 Å². The van der Waals surface area contributed by atoms with E-state index < -0.39 is 0 Å². The van der Waals surface area contributed by atoms with Gasteiger partial charge in [-0.25, -0.2) is 9.97 Å². The molecular weight excluding hydrogens is 238 g/mol. The van der Waals surface area contributed by atoms with Crippen LogP contribution in [0.15, 0.2) is 42.9 Å². The minimum Gasteiger partial charge on any atom is -0.330 e. The number of nitrogens with zero attached hydrogens (tertiary/aromatic N) is 4. The fraction of sp³-hybridized carbons (Fsp3) is 0.214. The summed E-state index contributed by atoms with van der Waals surface area (Å²) in [6.45, 7) is 1.30. The highest BCUT2D eigenvalue weighted by Gasteiger charge is 2.11. The van der Waals surface area contributed by atoms with Gasteiger partial charge in [0.15, 0.2) is 5.65 Å². The van der Waals surface area contributed by atoms with E-state index >= 15 is 0 Å². The van der Waals surface area contributed by atoms with Crippen molar-refractivity contribution < 1.29 is 0 Å². The molecule has 3 rings (SSSR count). The molecule has 0 bridgehead atoms. The van der Waals surface area contributed by atoms with Gasteiger partial charge in [0.2, 0.25) is 0 Å². The molecule has 0 aromatic carbocycles. The molecule has 19 heavy (non-hydrogen) atoms. The highest BCUT2D eigenvalue weighted by atomic mass is 15.1. The molecule has 5 nitrogen and oxygen atoms in total. The average molecular weight is 253 g/mol. The van der Waals surface area contributed by atoms with Gasteiger partial charge in [-0.15, -0.1) is 0 Å². The van der Waals surface area contributed by atoms with Gasteiger partial charge in [-0.05, 0) is 30.3 Å². The zero-order valence-corrected chi connectivity index (χ0v) is 10.5. The van der Waals surface area contributed by atoms with E-state index in [-0.39, 0.29) is 0 Å². The molecule has 0 amide bonds. The molecule has 2 N–H and O–H groups in total. The summed E-state index contributed by atoms with van der Waals surface area (Å²) in [5, 5.41) is 0. The summed E-state index contributed by atoms with van der Waals surface area (Å²) in [4.78, 5) is 13.2. The molecule has 0 aliphatic carbocycles. The number of pyridine rings is 2. The largest absolute Gasteiger partial charge is 0.330 e. The fourth-order valence-corrected chi connectivity index (χ4v) is 2.17. The average Bonchev–Trinajstić information content (AvgIpc) is 2.79. The summed E-state index contributed by atoms with van der Waals surface area (Å²) in [5.41, 5.74) is 8.60. The maximum absolute atomic E-state index is 5.66. The Balaban J connectivity index is 2.07. The SMILES string of the molecule is NCCc1nc2cccnc2n1Cc1cccnc1. The van der Waals surface area contributed by atoms with E-state index in [1.54, 1.807) is 12.4 Å². The second kappa shape index (κ2) is 5.16. The van der Waals surface area contributed by atoms with E-state index in [9.17, 15) is 0 Å². The zero-order chi connectivity index (χ0) is 13.1. The van der Waals surface area contributed by atoms with Crippen molar-refractivity contribution in [1.82, 2.24) is 19.5 Å². The molecule has 0 aliphatic heterocycles. The van der Waals surface area contributed by atoms with E-state index in [1.165, 1.54) is 0 Å². The second-order valence-electron chi connectivity index (χ2n) is 4.36. The van der Waals surface area contributed by atoms with E-state index in [0.29, 0.717) is 6.54 Å². The van der Waals surface area contributed by atoms with Crippen molar-refractivity contribution >= 4 is 11.2 Å². The topological polar surface area (TPSA) is 69.6 Å².